The molecule has 106 valence electrons. The Hall–Kier alpha value is -0.580. The van der Waals surface area contributed by atoms with Gasteiger partial charge in [-0.05, 0) is 18.4 Å². The first-order chi connectivity index (χ1) is 9.13. The second-order valence-electron chi connectivity index (χ2n) is 5.04. The van der Waals surface area contributed by atoms with Gasteiger partial charge in [0.2, 0.25) is 10.0 Å². The molecule has 0 bridgehead atoms. The van der Waals surface area contributed by atoms with Gasteiger partial charge in [-0.1, -0.05) is 49.6 Å². The first-order valence-corrected chi connectivity index (χ1v) is 8.83. The molecule has 1 N–H and O–H groups in total. The van der Waals surface area contributed by atoms with Crippen LogP contribution in [-0.4, -0.2) is 19.5 Å². The molecule has 0 spiro atoms. The fraction of sp³-hybridized carbons (Fsp3) is 0.571. The van der Waals surface area contributed by atoms with Crippen LogP contribution in [0.4, 0.5) is 0 Å². The molecule has 1 fully saturated rings. The average Bonchev–Trinajstić information content (AvgIpc) is 2.47. The minimum atomic E-state index is -3.28. The molecule has 1 atom stereocenters. The van der Waals surface area contributed by atoms with Gasteiger partial charge < -0.3 is 0 Å². The normalized spacial score (nSPS) is 19.2. The lowest BCUT2D eigenvalue weighted by atomic mass is 10.0. The van der Waals surface area contributed by atoms with Crippen LogP contribution in [0.1, 0.15) is 43.7 Å². The summed E-state index contributed by atoms with van der Waals surface area (Å²) in [5.74, 6) is 0.246. The zero-order chi connectivity index (χ0) is 13.7. The number of alkyl halides is 1. The molecule has 0 aromatic heterocycles. The number of halogens is 1. The summed E-state index contributed by atoms with van der Waals surface area (Å²) < 4.78 is 27.5. The maximum absolute atomic E-state index is 12.4. The Bertz CT molecular complexity index is 483. The third-order valence-electron chi connectivity index (χ3n) is 3.65. The van der Waals surface area contributed by atoms with Gasteiger partial charge in [0.25, 0.3) is 0 Å². The van der Waals surface area contributed by atoms with Crippen LogP contribution in [0, 0.1) is 0 Å². The molecule has 5 heteroatoms. The van der Waals surface area contributed by atoms with Crippen molar-refractivity contribution >= 4 is 21.6 Å². The van der Waals surface area contributed by atoms with E-state index in [1.54, 1.807) is 0 Å². The number of nitrogens with one attached hydrogen (secondary N) is 1. The monoisotopic (exact) mass is 301 g/mol. The van der Waals surface area contributed by atoms with E-state index in [0.29, 0.717) is 0 Å². The van der Waals surface area contributed by atoms with E-state index in [0.717, 1.165) is 37.7 Å². The molecule has 1 aromatic rings. The molecule has 1 saturated carbocycles. The number of rotatable bonds is 5. The molecule has 2 rings (SSSR count). The van der Waals surface area contributed by atoms with E-state index in [1.165, 1.54) is 0 Å². The quantitative estimate of drug-likeness (QED) is 0.849. The predicted molar refractivity (Wildman–Crippen MR) is 78.8 cm³/mol. The van der Waals surface area contributed by atoms with Crippen molar-refractivity contribution in [2.45, 2.75) is 43.4 Å². The van der Waals surface area contributed by atoms with Gasteiger partial charge >= 0.3 is 0 Å². The van der Waals surface area contributed by atoms with Crippen molar-refractivity contribution in [1.29, 1.82) is 0 Å². The third-order valence-corrected chi connectivity index (χ3v) is 5.92. The van der Waals surface area contributed by atoms with Crippen LogP contribution in [-0.2, 0) is 10.0 Å². The van der Waals surface area contributed by atoms with Crippen molar-refractivity contribution in [3.05, 3.63) is 35.9 Å². The molecule has 1 aliphatic carbocycles. The molecule has 1 aromatic carbocycles. The largest absolute Gasteiger partial charge is 0.215 e. The summed E-state index contributed by atoms with van der Waals surface area (Å²) in [6.45, 7) is 0. The number of sulfonamides is 1. The maximum atomic E-state index is 12.4. The molecular formula is C14H20ClNO2S. The molecule has 0 saturated heterocycles. The Balaban J connectivity index is 2.09. The molecule has 0 heterocycles. The van der Waals surface area contributed by atoms with Crippen LogP contribution >= 0.6 is 11.6 Å². The Morgan fingerprint density at radius 1 is 1.16 bits per heavy atom. The zero-order valence-electron chi connectivity index (χ0n) is 10.9. The van der Waals surface area contributed by atoms with Gasteiger partial charge in [0.1, 0.15) is 0 Å². The van der Waals surface area contributed by atoms with Crippen LogP contribution < -0.4 is 4.72 Å². The van der Waals surface area contributed by atoms with Crippen LogP contribution in [0.5, 0.6) is 0 Å². The molecule has 1 aliphatic rings. The fourth-order valence-electron chi connectivity index (χ4n) is 2.54. The summed E-state index contributed by atoms with van der Waals surface area (Å²) in [5.41, 5.74) is 0.914. The summed E-state index contributed by atoms with van der Waals surface area (Å²) in [6, 6.07) is 9.15. The highest BCUT2D eigenvalue weighted by Gasteiger charge is 2.29. The molecule has 19 heavy (non-hydrogen) atoms. The number of hydrogen-bond donors (Lipinski definition) is 1. The lowest BCUT2D eigenvalue weighted by Gasteiger charge is -2.25. The van der Waals surface area contributed by atoms with Crippen molar-refractivity contribution in [1.82, 2.24) is 4.72 Å². The summed E-state index contributed by atoms with van der Waals surface area (Å²) in [5, 5.41) is -0.254. The van der Waals surface area contributed by atoms with E-state index in [9.17, 15) is 8.42 Å². The second kappa shape index (κ2) is 6.73. The van der Waals surface area contributed by atoms with Gasteiger partial charge in [0.05, 0.1) is 11.3 Å². The standard InChI is InChI=1S/C14H20ClNO2S/c15-11-14(12-7-3-1-4-8-12)16-19(17,18)13-9-5-2-6-10-13/h1,3-4,7-8,13-14,16H,2,5-6,9-11H2. The Morgan fingerprint density at radius 2 is 1.79 bits per heavy atom. The van der Waals surface area contributed by atoms with Crippen molar-refractivity contribution in [2.24, 2.45) is 0 Å². The highest BCUT2D eigenvalue weighted by atomic mass is 35.5. The van der Waals surface area contributed by atoms with Gasteiger partial charge in [-0.15, -0.1) is 11.6 Å². The van der Waals surface area contributed by atoms with Gasteiger partial charge in [0, 0.05) is 5.88 Å². The van der Waals surface area contributed by atoms with Crippen molar-refractivity contribution in [3.63, 3.8) is 0 Å². The third kappa shape index (κ3) is 3.94. The van der Waals surface area contributed by atoms with Gasteiger partial charge in [-0.2, -0.15) is 0 Å². The van der Waals surface area contributed by atoms with Gasteiger partial charge in [-0.3, -0.25) is 0 Å². The summed E-state index contributed by atoms with van der Waals surface area (Å²) in [6.07, 6.45) is 4.67. The molecular weight excluding hydrogens is 282 g/mol. The van der Waals surface area contributed by atoms with Crippen molar-refractivity contribution in [3.8, 4) is 0 Å². The fourth-order valence-corrected chi connectivity index (χ4v) is 4.65. The van der Waals surface area contributed by atoms with Crippen molar-refractivity contribution < 1.29 is 8.42 Å². The Morgan fingerprint density at radius 3 is 2.37 bits per heavy atom. The number of benzene rings is 1. The lowest BCUT2D eigenvalue weighted by molar-refractivity contribution is 0.473. The Kier molecular flexibility index (Phi) is 5.25. The topological polar surface area (TPSA) is 46.2 Å². The highest BCUT2D eigenvalue weighted by Crippen LogP contribution is 2.25. The van der Waals surface area contributed by atoms with E-state index in [-0.39, 0.29) is 17.2 Å². The van der Waals surface area contributed by atoms with E-state index < -0.39 is 10.0 Å². The van der Waals surface area contributed by atoms with E-state index in [4.69, 9.17) is 11.6 Å². The minimum Gasteiger partial charge on any atom is -0.212 e. The number of hydrogen-bond acceptors (Lipinski definition) is 2. The summed E-state index contributed by atoms with van der Waals surface area (Å²) in [7, 11) is -3.28. The second-order valence-corrected chi connectivity index (χ2v) is 7.34. The Labute approximate surface area is 120 Å². The van der Waals surface area contributed by atoms with E-state index in [1.807, 2.05) is 30.3 Å². The molecule has 0 amide bonds. The van der Waals surface area contributed by atoms with Crippen LogP contribution in [0.2, 0.25) is 0 Å². The smallest absolute Gasteiger partial charge is 0.212 e. The maximum Gasteiger partial charge on any atom is 0.215 e. The van der Waals surface area contributed by atoms with E-state index in [2.05, 4.69) is 4.72 Å². The first-order valence-electron chi connectivity index (χ1n) is 6.75. The van der Waals surface area contributed by atoms with Gasteiger partial charge in [0.15, 0.2) is 0 Å². The molecule has 0 aliphatic heterocycles. The minimum absolute atomic E-state index is 0.246. The molecule has 1 unspecified atom stereocenters. The first kappa shape index (κ1) is 14.8. The molecule has 0 radical (unpaired) electrons. The van der Waals surface area contributed by atoms with Crippen LogP contribution in [0.3, 0.4) is 0 Å². The average molecular weight is 302 g/mol. The van der Waals surface area contributed by atoms with Crippen molar-refractivity contribution in [2.75, 3.05) is 5.88 Å². The van der Waals surface area contributed by atoms with Crippen LogP contribution in [0.25, 0.3) is 0 Å². The van der Waals surface area contributed by atoms with E-state index >= 15 is 0 Å². The lowest BCUT2D eigenvalue weighted by Crippen LogP contribution is -2.38. The zero-order valence-corrected chi connectivity index (χ0v) is 12.5. The van der Waals surface area contributed by atoms with Crippen LogP contribution in [0.15, 0.2) is 30.3 Å². The van der Waals surface area contributed by atoms with Gasteiger partial charge in [-0.25, -0.2) is 13.1 Å². The highest BCUT2D eigenvalue weighted by molar-refractivity contribution is 7.90. The summed E-state index contributed by atoms with van der Waals surface area (Å²) in [4.78, 5) is 0. The predicted octanol–water partition coefficient (Wildman–Crippen LogP) is 3.22. The summed E-state index contributed by atoms with van der Waals surface area (Å²) >= 11 is 5.92. The SMILES string of the molecule is O=S(=O)(NC(CCl)c1ccccc1)C1CCCCC1. The molecule has 3 nitrogen and oxygen atoms in total.